The predicted molar refractivity (Wildman–Crippen MR) is 91.3 cm³/mol. The van der Waals surface area contributed by atoms with E-state index in [4.69, 9.17) is 9.84 Å². The van der Waals surface area contributed by atoms with Gasteiger partial charge in [0.1, 0.15) is 12.4 Å². The van der Waals surface area contributed by atoms with Crippen LogP contribution in [0.1, 0.15) is 26.7 Å². The monoisotopic (exact) mass is 307 g/mol. The maximum atomic E-state index is 10.8. The van der Waals surface area contributed by atoms with E-state index in [0.29, 0.717) is 6.61 Å². The third-order valence-electron chi connectivity index (χ3n) is 3.36. The molecule has 1 aliphatic heterocycles. The van der Waals surface area contributed by atoms with Crippen molar-refractivity contribution in [2.75, 3.05) is 26.2 Å². The number of piperidine rings is 1. The van der Waals surface area contributed by atoms with Crippen molar-refractivity contribution in [1.82, 2.24) is 4.90 Å². The van der Waals surface area contributed by atoms with Gasteiger partial charge in [-0.25, -0.2) is 0 Å². The summed E-state index contributed by atoms with van der Waals surface area (Å²) in [5, 5.41) is 8.91. The summed E-state index contributed by atoms with van der Waals surface area (Å²) in [6, 6.07) is 9.75. The van der Waals surface area contributed by atoms with Gasteiger partial charge in [-0.1, -0.05) is 32.0 Å². The second-order valence-electron chi connectivity index (χ2n) is 4.62. The van der Waals surface area contributed by atoms with Crippen LogP contribution in [0.25, 0.3) is 0 Å². The molecule has 1 aliphatic rings. The predicted octanol–water partition coefficient (Wildman–Crippen LogP) is 3.69. The molecule has 1 saturated heterocycles. The number of carboxylic acids is 1. The number of rotatable bonds is 5. The lowest BCUT2D eigenvalue weighted by Crippen LogP contribution is -2.38. The number of nitrogens with zero attached hydrogens (tertiary/aromatic N) is 1. The first-order chi connectivity index (χ1) is 10.8. The number of likely N-dealkylation sites (tertiary alicyclic amines) is 1. The van der Waals surface area contributed by atoms with E-state index >= 15 is 0 Å². The van der Waals surface area contributed by atoms with Crippen molar-refractivity contribution in [3.63, 3.8) is 0 Å². The minimum absolute atomic E-state index is 0.156. The molecule has 0 saturated carbocycles. The zero-order valence-electron chi connectivity index (χ0n) is 13.8. The van der Waals surface area contributed by atoms with Crippen molar-refractivity contribution >= 4 is 5.97 Å². The molecule has 0 spiro atoms. The highest BCUT2D eigenvalue weighted by Crippen LogP contribution is 2.17. The van der Waals surface area contributed by atoms with Crippen LogP contribution in [-0.2, 0) is 4.79 Å². The molecule has 0 aliphatic carbocycles. The van der Waals surface area contributed by atoms with Crippen molar-refractivity contribution in [2.45, 2.75) is 26.7 Å². The Balaban J connectivity index is 0.00000102. The topological polar surface area (TPSA) is 49.8 Å². The molecule has 22 heavy (non-hydrogen) atoms. The smallest absolute Gasteiger partial charge is 0.306 e. The molecule has 1 N–H and O–H groups in total. The first kappa shape index (κ1) is 20.2. The number of ether oxygens (including phenoxy) is 1. The summed E-state index contributed by atoms with van der Waals surface area (Å²) in [6.45, 7) is 13.2. The Morgan fingerprint density at radius 2 is 1.77 bits per heavy atom. The number of hydrogen-bond acceptors (Lipinski definition) is 3. The first-order valence-electron chi connectivity index (χ1n) is 7.89. The summed E-state index contributed by atoms with van der Waals surface area (Å²) in [7, 11) is 0. The van der Waals surface area contributed by atoms with E-state index in [1.807, 2.05) is 44.2 Å². The van der Waals surface area contributed by atoms with Gasteiger partial charge in [-0.05, 0) is 38.1 Å². The summed E-state index contributed by atoms with van der Waals surface area (Å²) >= 11 is 0. The highest BCUT2D eigenvalue weighted by molar-refractivity contribution is 5.70. The Morgan fingerprint density at radius 3 is 2.27 bits per heavy atom. The van der Waals surface area contributed by atoms with Crippen LogP contribution in [-0.4, -0.2) is 42.2 Å². The molecule has 4 heteroatoms. The van der Waals surface area contributed by atoms with Crippen LogP contribution in [0.15, 0.2) is 43.5 Å². The Bertz CT molecular complexity index is 387. The maximum Gasteiger partial charge on any atom is 0.306 e. The van der Waals surface area contributed by atoms with Gasteiger partial charge < -0.3 is 9.84 Å². The molecule has 2 rings (SSSR count). The Hall–Kier alpha value is -1.81. The van der Waals surface area contributed by atoms with Crippen LogP contribution in [0.2, 0.25) is 0 Å². The summed E-state index contributed by atoms with van der Waals surface area (Å²) < 4.78 is 5.63. The minimum atomic E-state index is -0.657. The molecule has 1 heterocycles. The van der Waals surface area contributed by atoms with E-state index in [1.165, 1.54) is 0 Å². The lowest BCUT2D eigenvalue weighted by atomic mass is 9.97. The van der Waals surface area contributed by atoms with Crippen molar-refractivity contribution in [3.05, 3.63) is 43.5 Å². The zero-order valence-corrected chi connectivity index (χ0v) is 13.8. The molecule has 1 aromatic carbocycles. The number of aliphatic carboxylic acids is 1. The average molecular weight is 307 g/mol. The molecule has 0 radical (unpaired) electrons. The van der Waals surface area contributed by atoms with Crippen LogP contribution in [0.4, 0.5) is 0 Å². The summed E-state index contributed by atoms with van der Waals surface area (Å²) in [5.74, 6) is 0.0735. The van der Waals surface area contributed by atoms with Crippen LogP contribution in [0.5, 0.6) is 5.75 Å². The average Bonchev–Trinajstić information content (AvgIpc) is 2.60. The fourth-order valence-electron chi connectivity index (χ4n) is 2.21. The Morgan fingerprint density at radius 1 is 1.23 bits per heavy atom. The zero-order chi connectivity index (χ0) is 16.8. The van der Waals surface area contributed by atoms with E-state index in [9.17, 15) is 4.79 Å². The van der Waals surface area contributed by atoms with E-state index in [-0.39, 0.29) is 5.92 Å². The fourth-order valence-corrected chi connectivity index (χ4v) is 2.21. The molecule has 1 aromatic rings. The largest absolute Gasteiger partial charge is 0.492 e. The molecular formula is C18H29NO3. The summed E-state index contributed by atoms with van der Waals surface area (Å²) in [5.41, 5.74) is 0. The quantitative estimate of drug-likeness (QED) is 0.843. The van der Waals surface area contributed by atoms with Crippen LogP contribution in [0.3, 0.4) is 0 Å². The first-order valence-corrected chi connectivity index (χ1v) is 7.89. The van der Waals surface area contributed by atoms with Gasteiger partial charge in [-0.2, -0.15) is 0 Å². The lowest BCUT2D eigenvalue weighted by molar-refractivity contribution is -0.143. The summed E-state index contributed by atoms with van der Waals surface area (Å²) in [4.78, 5) is 13.1. The van der Waals surface area contributed by atoms with Crippen molar-refractivity contribution in [2.24, 2.45) is 5.92 Å². The number of hydrogen-bond donors (Lipinski definition) is 1. The normalized spacial score (nSPS) is 14.8. The second-order valence-corrected chi connectivity index (χ2v) is 4.62. The molecule has 0 unspecified atom stereocenters. The third kappa shape index (κ3) is 7.84. The Labute approximate surface area is 134 Å². The van der Waals surface area contributed by atoms with E-state index in [0.717, 1.165) is 38.2 Å². The standard InChI is InChI=1S/C14H19NO3.C2H6.C2H4/c16-14(17)12-6-8-15(9-7-12)10-11-18-13-4-2-1-3-5-13;2*1-2/h1-5,12H,6-11H2,(H,16,17);1-2H3;1-2H2. The van der Waals surface area contributed by atoms with Crippen molar-refractivity contribution < 1.29 is 14.6 Å². The highest BCUT2D eigenvalue weighted by atomic mass is 16.5. The van der Waals surface area contributed by atoms with Gasteiger partial charge >= 0.3 is 5.97 Å². The van der Waals surface area contributed by atoms with Gasteiger partial charge in [-0.15, -0.1) is 13.2 Å². The molecule has 0 atom stereocenters. The lowest BCUT2D eigenvalue weighted by Gasteiger charge is -2.29. The van der Waals surface area contributed by atoms with Gasteiger partial charge in [0.05, 0.1) is 5.92 Å². The van der Waals surface area contributed by atoms with Gasteiger partial charge in [0.15, 0.2) is 0 Å². The molecule has 1 fully saturated rings. The summed E-state index contributed by atoms with van der Waals surface area (Å²) in [6.07, 6.45) is 1.50. The number of carboxylic acid groups (broad SMARTS) is 1. The van der Waals surface area contributed by atoms with Crippen molar-refractivity contribution in [1.29, 1.82) is 0 Å². The number of para-hydroxylation sites is 1. The SMILES string of the molecule is C=C.CC.O=C(O)C1CCN(CCOc2ccccc2)CC1. The van der Waals surface area contributed by atoms with Gasteiger partial charge in [0.25, 0.3) is 0 Å². The molecule has 124 valence electrons. The van der Waals surface area contributed by atoms with E-state index in [1.54, 1.807) is 0 Å². The number of carbonyl (C=O) groups is 1. The van der Waals surface area contributed by atoms with Gasteiger partial charge in [0, 0.05) is 6.54 Å². The Kier molecular flexibility index (Phi) is 11.8. The molecule has 0 amide bonds. The maximum absolute atomic E-state index is 10.8. The van der Waals surface area contributed by atoms with E-state index < -0.39 is 5.97 Å². The second kappa shape index (κ2) is 12.9. The van der Waals surface area contributed by atoms with E-state index in [2.05, 4.69) is 18.1 Å². The molecule has 0 aromatic heterocycles. The minimum Gasteiger partial charge on any atom is -0.492 e. The third-order valence-corrected chi connectivity index (χ3v) is 3.36. The van der Waals surface area contributed by atoms with Crippen LogP contribution >= 0.6 is 0 Å². The molecule has 0 bridgehead atoms. The van der Waals surface area contributed by atoms with Gasteiger partial charge in [-0.3, -0.25) is 9.69 Å². The number of benzene rings is 1. The fraction of sp³-hybridized carbons (Fsp3) is 0.500. The molecule has 4 nitrogen and oxygen atoms in total. The van der Waals surface area contributed by atoms with Crippen LogP contribution in [0, 0.1) is 5.92 Å². The van der Waals surface area contributed by atoms with Crippen molar-refractivity contribution in [3.8, 4) is 5.75 Å². The van der Waals surface area contributed by atoms with Gasteiger partial charge in [0.2, 0.25) is 0 Å². The van der Waals surface area contributed by atoms with Crippen LogP contribution < -0.4 is 4.74 Å². The molecular weight excluding hydrogens is 278 g/mol. The highest BCUT2D eigenvalue weighted by Gasteiger charge is 2.23.